The number of rotatable bonds is 5. The molecule has 0 heterocycles. The molecule has 0 saturated heterocycles. The van der Waals surface area contributed by atoms with E-state index in [4.69, 9.17) is 0 Å². The van der Waals surface area contributed by atoms with E-state index in [-0.39, 0.29) is 11.9 Å². The number of hydrogen-bond donors (Lipinski definition) is 0. The van der Waals surface area contributed by atoms with Crippen LogP contribution in [0, 0.1) is 0 Å². The largest absolute Gasteiger partial charge is 0.347 e. The van der Waals surface area contributed by atoms with E-state index in [9.17, 15) is 4.79 Å². The SMILES string of the molecule is CN(C)C(=O)C(c1ccccc1)N(C)Cc1ccccc1Br. The van der Waals surface area contributed by atoms with E-state index in [2.05, 4.69) is 26.9 Å². The van der Waals surface area contributed by atoms with Crippen LogP contribution in [0.25, 0.3) is 0 Å². The predicted molar refractivity (Wildman–Crippen MR) is 93.5 cm³/mol. The Morgan fingerprint density at radius 1 is 1.00 bits per heavy atom. The highest BCUT2D eigenvalue weighted by Gasteiger charge is 2.26. The monoisotopic (exact) mass is 360 g/mol. The Bertz CT molecular complexity index is 628. The van der Waals surface area contributed by atoms with Crippen molar-refractivity contribution in [2.45, 2.75) is 12.6 Å². The highest BCUT2D eigenvalue weighted by atomic mass is 79.9. The summed E-state index contributed by atoms with van der Waals surface area (Å²) in [6, 6.07) is 17.7. The summed E-state index contributed by atoms with van der Waals surface area (Å²) in [5.41, 5.74) is 2.17. The van der Waals surface area contributed by atoms with Crippen molar-refractivity contribution in [2.75, 3.05) is 21.1 Å². The first-order valence-electron chi connectivity index (χ1n) is 7.20. The molecule has 0 saturated carbocycles. The quantitative estimate of drug-likeness (QED) is 0.811. The molecule has 2 rings (SSSR count). The molecule has 1 unspecified atom stereocenters. The number of likely N-dealkylation sites (N-methyl/N-ethyl adjacent to an activating group) is 2. The second-order valence-corrected chi connectivity index (χ2v) is 6.41. The summed E-state index contributed by atoms with van der Waals surface area (Å²) in [7, 11) is 5.58. The third-order valence-corrected chi connectivity index (χ3v) is 4.38. The summed E-state index contributed by atoms with van der Waals surface area (Å²) >= 11 is 3.57. The number of benzene rings is 2. The van der Waals surface area contributed by atoms with Gasteiger partial charge in [-0.1, -0.05) is 64.5 Å². The van der Waals surface area contributed by atoms with Crippen molar-refractivity contribution < 1.29 is 4.79 Å². The van der Waals surface area contributed by atoms with E-state index in [1.54, 1.807) is 19.0 Å². The van der Waals surface area contributed by atoms with Gasteiger partial charge in [0, 0.05) is 25.1 Å². The molecule has 0 fully saturated rings. The number of carbonyl (C=O) groups is 1. The average molecular weight is 361 g/mol. The van der Waals surface area contributed by atoms with Gasteiger partial charge in [0.05, 0.1) is 0 Å². The molecule has 0 aliphatic heterocycles. The lowest BCUT2D eigenvalue weighted by atomic mass is 10.0. The van der Waals surface area contributed by atoms with Gasteiger partial charge < -0.3 is 4.90 Å². The maximum absolute atomic E-state index is 12.6. The average Bonchev–Trinajstić information content (AvgIpc) is 2.50. The highest BCUT2D eigenvalue weighted by Crippen LogP contribution is 2.25. The van der Waals surface area contributed by atoms with E-state index < -0.39 is 0 Å². The van der Waals surface area contributed by atoms with Crippen LogP contribution in [0.4, 0.5) is 0 Å². The summed E-state index contributed by atoms with van der Waals surface area (Å²) in [4.78, 5) is 16.4. The summed E-state index contributed by atoms with van der Waals surface area (Å²) in [5, 5.41) is 0. The smallest absolute Gasteiger partial charge is 0.244 e. The van der Waals surface area contributed by atoms with Crippen molar-refractivity contribution in [3.05, 3.63) is 70.2 Å². The Morgan fingerprint density at radius 3 is 2.18 bits per heavy atom. The summed E-state index contributed by atoms with van der Waals surface area (Å²) in [5.74, 6) is 0.0840. The molecule has 2 aromatic carbocycles. The minimum Gasteiger partial charge on any atom is -0.347 e. The molecule has 0 aliphatic rings. The van der Waals surface area contributed by atoms with E-state index in [1.807, 2.05) is 55.6 Å². The van der Waals surface area contributed by atoms with Gasteiger partial charge in [-0.3, -0.25) is 9.69 Å². The third kappa shape index (κ3) is 3.96. The number of amides is 1. The lowest BCUT2D eigenvalue weighted by Crippen LogP contribution is -2.37. The Labute approximate surface area is 140 Å². The normalized spacial score (nSPS) is 12.2. The van der Waals surface area contributed by atoms with Crippen LogP contribution in [-0.2, 0) is 11.3 Å². The Hall–Kier alpha value is -1.65. The molecule has 0 spiro atoms. The highest BCUT2D eigenvalue weighted by molar-refractivity contribution is 9.10. The molecule has 1 atom stereocenters. The predicted octanol–water partition coefficient (Wildman–Crippen LogP) is 3.71. The zero-order valence-corrected chi connectivity index (χ0v) is 14.7. The van der Waals surface area contributed by atoms with E-state index >= 15 is 0 Å². The fraction of sp³-hybridized carbons (Fsp3) is 0.278. The van der Waals surface area contributed by atoms with Gasteiger partial charge in [0.1, 0.15) is 6.04 Å². The zero-order valence-electron chi connectivity index (χ0n) is 13.2. The van der Waals surface area contributed by atoms with Crippen LogP contribution in [0.5, 0.6) is 0 Å². The molecule has 1 amide bonds. The first kappa shape index (κ1) is 16.7. The summed E-state index contributed by atoms with van der Waals surface area (Å²) in [6.45, 7) is 0.695. The minimum atomic E-state index is -0.289. The van der Waals surface area contributed by atoms with Crippen LogP contribution in [-0.4, -0.2) is 36.9 Å². The van der Waals surface area contributed by atoms with Crippen LogP contribution in [0.2, 0.25) is 0 Å². The molecule has 0 aliphatic carbocycles. The number of halogens is 1. The van der Waals surface area contributed by atoms with Crippen LogP contribution < -0.4 is 0 Å². The van der Waals surface area contributed by atoms with Gasteiger partial charge in [-0.05, 0) is 24.2 Å². The second-order valence-electron chi connectivity index (χ2n) is 5.55. The van der Waals surface area contributed by atoms with Crippen LogP contribution in [0.1, 0.15) is 17.2 Å². The molecular weight excluding hydrogens is 340 g/mol. The van der Waals surface area contributed by atoms with Gasteiger partial charge >= 0.3 is 0 Å². The zero-order chi connectivity index (χ0) is 16.1. The van der Waals surface area contributed by atoms with Gasteiger partial charge in [-0.2, -0.15) is 0 Å². The molecule has 0 bridgehead atoms. The molecule has 2 aromatic rings. The Balaban J connectivity index is 2.29. The summed E-state index contributed by atoms with van der Waals surface area (Å²) in [6.07, 6.45) is 0. The maximum Gasteiger partial charge on any atom is 0.244 e. The molecule has 0 aromatic heterocycles. The van der Waals surface area contributed by atoms with Crippen LogP contribution in [0.3, 0.4) is 0 Å². The summed E-state index contributed by atoms with van der Waals surface area (Å²) < 4.78 is 1.06. The second kappa shape index (κ2) is 7.56. The maximum atomic E-state index is 12.6. The fourth-order valence-corrected chi connectivity index (χ4v) is 2.86. The van der Waals surface area contributed by atoms with Crippen molar-refractivity contribution >= 4 is 21.8 Å². The van der Waals surface area contributed by atoms with Gasteiger partial charge in [0.25, 0.3) is 0 Å². The molecule has 0 radical (unpaired) electrons. The van der Waals surface area contributed by atoms with E-state index in [0.29, 0.717) is 6.54 Å². The molecule has 116 valence electrons. The molecule has 0 N–H and O–H groups in total. The first-order valence-corrected chi connectivity index (χ1v) is 7.99. The first-order chi connectivity index (χ1) is 10.5. The van der Waals surface area contributed by atoms with Crippen molar-refractivity contribution in [3.63, 3.8) is 0 Å². The molecular formula is C18H21BrN2O. The lowest BCUT2D eigenvalue weighted by molar-refractivity contribution is -0.134. The molecule has 3 nitrogen and oxygen atoms in total. The van der Waals surface area contributed by atoms with Crippen LogP contribution >= 0.6 is 15.9 Å². The van der Waals surface area contributed by atoms with Crippen LogP contribution in [0.15, 0.2) is 59.1 Å². The molecule has 22 heavy (non-hydrogen) atoms. The van der Waals surface area contributed by atoms with Crippen molar-refractivity contribution in [1.82, 2.24) is 9.80 Å². The number of hydrogen-bond acceptors (Lipinski definition) is 2. The Kier molecular flexibility index (Phi) is 5.75. The standard InChI is InChI=1S/C18H21BrN2O/c1-20(2)18(22)17(14-9-5-4-6-10-14)21(3)13-15-11-7-8-12-16(15)19/h4-12,17H,13H2,1-3H3. The minimum absolute atomic E-state index is 0.0840. The van der Waals surface area contributed by atoms with E-state index in [1.165, 1.54) is 0 Å². The Morgan fingerprint density at radius 2 is 1.59 bits per heavy atom. The van der Waals surface area contributed by atoms with Crippen molar-refractivity contribution in [1.29, 1.82) is 0 Å². The number of nitrogens with zero attached hydrogens (tertiary/aromatic N) is 2. The van der Waals surface area contributed by atoms with E-state index in [0.717, 1.165) is 15.6 Å². The molecule has 4 heteroatoms. The fourth-order valence-electron chi connectivity index (χ4n) is 2.45. The van der Waals surface area contributed by atoms with Gasteiger partial charge in [-0.25, -0.2) is 0 Å². The van der Waals surface area contributed by atoms with Crippen molar-refractivity contribution in [3.8, 4) is 0 Å². The van der Waals surface area contributed by atoms with Gasteiger partial charge in [-0.15, -0.1) is 0 Å². The van der Waals surface area contributed by atoms with Crippen molar-refractivity contribution in [2.24, 2.45) is 0 Å². The van der Waals surface area contributed by atoms with Gasteiger partial charge in [0.2, 0.25) is 5.91 Å². The number of carbonyl (C=O) groups excluding carboxylic acids is 1. The third-order valence-electron chi connectivity index (χ3n) is 3.61. The van der Waals surface area contributed by atoms with Gasteiger partial charge in [0.15, 0.2) is 0 Å². The topological polar surface area (TPSA) is 23.6 Å². The lowest BCUT2D eigenvalue weighted by Gasteiger charge is -2.30.